The minimum Gasteiger partial charge on any atom is -0.494 e. The lowest BCUT2D eigenvalue weighted by molar-refractivity contribution is 0.218. The van der Waals surface area contributed by atoms with E-state index in [1.807, 2.05) is 0 Å². The molecule has 1 atom stereocenters. The first-order valence-electron chi connectivity index (χ1n) is 5.48. The molecule has 0 aliphatic carbocycles. The lowest BCUT2D eigenvalue weighted by Crippen LogP contribution is -2.02. The predicted octanol–water partition coefficient (Wildman–Crippen LogP) is 3.19. The van der Waals surface area contributed by atoms with Gasteiger partial charge >= 0.3 is 0 Å². The molecule has 0 bridgehead atoms. The van der Waals surface area contributed by atoms with Gasteiger partial charge in [-0.05, 0) is 35.4 Å². The average molecular weight is 268 g/mol. The molecule has 2 aromatic carbocycles. The summed E-state index contributed by atoms with van der Waals surface area (Å²) in [6, 6.07) is 6.47. The van der Waals surface area contributed by atoms with Crippen molar-refractivity contribution in [1.29, 1.82) is 0 Å². The van der Waals surface area contributed by atoms with Crippen molar-refractivity contribution in [3.63, 3.8) is 0 Å². The molecule has 0 saturated carbocycles. The molecule has 2 nitrogen and oxygen atoms in total. The molecular weight excluding hydrogens is 257 g/mol. The van der Waals surface area contributed by atoms with Gasteiger partial charge in [-0.15, -0.1) is 0 Å². The van der Waals surface area contributed by atoms with E-state index in [9.17, 15) is 18.3 Å². The van der Waals surface area contributed by atoms with Crippen molar-refractivity contribution in [1.82, 2.24) is 0 Å². The fraction of sp³-hybridized carbons (Fsp3) is 0.143. The molecule has 2 aromatic rings. The highest BCUT2D eigenvalue weighted by Gasteiger charge is 2.15. The van der Waals surface area contributed by atoms with E-state index in [4.69, 9.17) is 4.74 Å². The monoisotopic (exact) mass is 268 g/mol. The van der Waals surface area contributed by atoms with Crippen LogP contribution in [0.4, 0.5) is 13.2 Å². The summed E-state index contributed by atoms with van der Waals surface area (Å²) in [5.74, 6) is -2.21. The van der Waals surface area contributed by atoms with Crippen LogP contribution in [-0.4, -0.2) is 12.2 Å². The van der Waals surface area contributed by atoms with Crippen LogP contribution in [0.25, 0.3) is 0 Å². The number of aliphatic hydroxyl groups excluding tert-OH is 1. The number of halogens is 3. The van der Waals surface area contributed by atoms with Gasteiger partial charge in [0.2, 0.25) is 0 Å². The molecule has 1 N–H and O–H groups in total. The van der Waals surface area contributed by atoms with Crippen molar-refractivity contribution >= 4 is 0 Å². The highest BCUT2D eigenvalue weighted by Crippen LogP contribution is 2.27. The second-order valence-corrected chi connectivity index (χ2v) is 4.00. The summed E-state index contributed by atoms with van der Waals surface area (Å²) in [4.78, 5) is 0. The first-order chi connectivity index (χ1) is 9.01. The normalized spacial score (nSPS) is 12.3. The number of ether oxygens (including phenoxy) is 1. The Morgan fingerprint density at radius 2 is 1.58 bits per heavy atom. The quantitative estimate of drug-likeness (QED) is 0.926. The van der Waals surface area contributed by atoms with Crippen LogP contribution in [0.5, 0.6) is 5.75 Å². The third-order valence-electron chi connectivity index (χ3n) is 2.69. The highest BCUT2D eigenvalue weighted by atomic mass is 19.1. The van der Waals surface area contributed by atoms with Crippen LogP contribution >= 0.6 is 0 Å². The topological polar surface area (TPSA) is 29.5 Å². The van der Waals surface area contributed by atoms with Crippen molar-refractivity contribution < 1.29 is 23.0 Å². The fourth-order valence-corrected chi connectivity index (χ4v) is 1.77. The summed E-state index contributed by atoms with van der Waals surface area (Å²) < 4.78 is 44.2. The first kappa shape index (κ1) is 13.4. The Labute approximate surface area is 108 Å². The Morgan fingerprint density at radius 1 is 0.947 bits per heavy atom. The maximum absolute atomic E-state index is 13.2. The lowest BCUT2D eigenvalue weighted by Gasteiger charge is -2.13. The molecule has 0 spiro atoms. The van der Waals surface area contributed by atoms with Gasteiger partial charge < -0.3 is 9.84 Å². The van der Waals surface area contributed by atoms with E-state index in [-0.39, 0.29) is 16.9 Å². The summed E-state index contributed by atoms with van der Waals surface area (Å²) in [5.41, 5.74) is 0.328. The second-order valence-electron chi connectivity index (χ2n) is 4.00. The van der Waals surface area contributed by atoms with Gasteiger partial charge in [0.05, 0.1) is 7.11 Å². The number of benzene rings is 2. The fourth-order valence-electron chi connectivity index (χ4n) is 1.77. The van der Waals surface area contributed by atoms with E-state index < -0.39 is 23.6 Å². The van der Waals surface area contributed by atoms with Crippen LogP contribution in [0.2, 0.25) is 0 Å². The molecule has 0 heterocycles. The summed E-state index contributed by atoms with van der Waals surface area (Å²) >= 11 is 0. The van der Waals surface area contributed by atoms with Crippen LogP contribution in [0.1, 0.15) is 17.2 Å². The Kier molecular flexibility index (Phi) is 3.76. The smallest absolute Gasteiger partial charge is 0.165 e. The van der Waals surface area contributed by atoms with Gasteiger partial charge in [0, 0.05) is 6.07 Å². The van der Waals surface area contributed by atoms with Gasteiger partial charge in [0.15, 0.2) is 11.6 Å². The molecule has 100 valence electrons. The number of hydrogen-bond acceptors (Lipinski definition) is 2. The molecule has 0 radical (unpaired) electrons. The van der Waals surface area contributed by atoms with Crippen molar-refractivity contribution in [2.24, 2.45) is 0 Å². The highest BCUT2D eigenvalue weighted by molar-refractivity contribution is 5.36. The molecular formula is C14H11F3O2. The van der Waals surface area contributed by atoms with E-state index in [0.717, 1.165) is 18.2 Å². The van der Waals surface area contributed by atoms with Crippen LogP contribution in [-0.2, 0) is 0 Å². The van der Waals surface area contributed by atoms with Crippen LogP contribution in [0.3, 0.4) is 0 Å². The molecule has 5 heteroatoms. The van der Waals surface area contributed by atoms with Crippen molar-refractivity contribution in [3.05, 3.63) is 65.0 Å². The molecule has 0 aliphatic rings. The van der Waals surface area contributed by atoms with Crippen LogP contribution < -0.4 is 4.74 Å². The van der Waals surface area contributed by atoms with Crippen molar-refractivity contribution in [2.75, 3.05) is 7.11 Å². The van der Waals surface area contributed by atoms with E-state index in [1.165, 1.54) is 19.2 Å². The standard InChI is InChI=1S/C14H11F3O2/c1-19-13-6-8(2-3-12(13)17)14(18)9-4-10(15)7-11(16)5-9/h2-7,14,18H,1H3. The molecule has 19 heavy (non-hydrogen) atoms. The van der Waals surface area contributed by atoms with E-state index in [2.05, 4.69) is 0 Å². The maximum Gasteiger partial charge on any atom is 0.165 e. The van der Waals surface area contributed by atoms with Gasteiger partial charge in [-0.25, -0.2) is 13.2 Å². The number of hydrogen-bond donors (Lipinski definition) is 1. The maximum atomic E-state index is 13.2. The second kappa shape index (κ2) is 5.32. The van der Waals surface area contributed by atoms with Crippen molar-refractivity contribution in [2.45, 2.75) is 6.10 Å². The first-order valence-corrected chi connectivity index (χ1v) is 5.48. The molecule has 1 unspecified atom stereocenters. The van der Waals surface area contributed by atoms with Crippen LogP contribution in [0, 0.1) is 17.5 Å². The summed E-state index contributed by atoms with van der Waals surface area (Å²) in [7, 11) is 1.29. The van der Waals surface area contributed by atoms with Crippen LogP contribution in [0.15, 0.2) is 36.4 Å². The molecule has 0 fully saturated rings. The average Bonchev–Trinajstić information content (AvgIpc) is 2.37. The largest absolute Gasteiger partial charge is 0.494 e. The van der Waals surface area contributed by atoms with Gasteiger partial charge in [-0.1, -0.05) is 6.07 Å². The van der Waals surface area contributed by atoms with E-state index in [1.54, 1.807) is 0 Å². The zero-order valence-electron chi connectivity index (χ0n) is 10.0. The van der Waals surface area contributed by atoms with E-state index in [0.29, 0.717) is 6.07 Å². The Hall–Kier alpha value is -2.01. The molecule has 0 amide bonds. The van der Waals surface area contributed by atoms with E-state index >= 15 is 0 Å². The summed E-state index contributed by atoms with van der Waals surface area (Å²) in [6.45, 7) is 0. The zero-order chi connectivity index (χ0) is 14.0. The molecule has 0 aliphatic heterocycles. The third kappa shape index (κ3) is 2.88. The minimum absolute atomic E-state index is 0.0474. The van der Waals surface area contributed by atoms with Gasteiger partial charge in [0.25, 0.3) is 0 Å². The Balaban J connectivity index is 2.40. The van der Waals surface area contributed by atoms with Gasteiger partial charge in [0.1, 0.15) is 17.7 Å². The Bertz CT molecular complexity index is 579. The number of aliphatic hydroxyl groups is 1. The van der Waals surface area contributed by atoms with Crippen molar-refractivity contribution in [3.8, 4) is 5.75 Å². The molecule has 2 rings (SSSR count). The SMILES string of the molecule is COc1cc(C(O)c2cc(F)cc(F)c2)ccc1F. The molecule has 0 aromatic heterocycles. The number of methoxy groups -OCH3 is 1. The predicted molar refractivity (Wildman–Crippen MR) is 63.4 cm³/mol. The molecule has 0 saturated heterocycles. The van der Waals surface area contributed by atoms with Gasteiger partial charge in [-0.3, -0.25) is 0 Å². The number of rotatable bonds is 3. The summed E-state index contributed by atoms with van der Waals surface area (Å²) in [5, 5.41) is 10.0. The lowest BCUT2D eigenvalue weighted by atomic mass is 10.0. The summed E-state index contributed by atoms with van der Waals surface area (Å²) in [6.07, 6.45) is -1.26. The zero-order valence-corrected chi connectivity index (χ0v) is 10.0. The van der Waals surface area contributed by atoms with Gasteiger partial charge in [-0.2, -0.15) is 0 Å². The Morgan fingerprint density at radius 3 is 2.16 bits per heavy atom. The third-order valence-corrected chi connectivity index (χ3v) is 2.69. The minimum atomic E-state index is -1.26.